The monoisotopic (exact) mass is 644 g/mol. The minimum Gasteiger partial charge on any atom is -0.480 e. The van der Waals surface area contributed by atoms with E-state index in [2.05, 4.69) is 16.5 Å². The lowest BCUT2D eigenvalue weighted by Crippen LogP contribution is -2.42. The van der Waals surface area contributed by atoms with Crippen LogP contribution >= 0.6 is 11.8 Å². The Morgan fingerprint density at radius 1 is 1.07 bits per heavy atom. The van der Waals surface area contributed by atoms with Gasteiger partial charge in [-0.15, -0.1) is 0 Å². The summed E-state index contributed by atoms with van der Waals surface area (Å²) in [5.41, 5.74) is 4.07. The van der Waals surface area contributed by atoms with Crippen LogP contribution in [-0.4, -0.2) is 86.2 Å². The van der Waals surface area contributed by atoms with Crippen LogP contribution in [0.3, 0.4) is 0 Å². The van der Waals surface area contributed by atoms with Crippen LogP contribution in [-0.2, 0) is 25.9 Å². The molecule has 2 fully saturated rings. The van der Waals surface area contributed by atoms with E-state index in [9.17, 15) is 23.1 Å². The van der Waals surface area contributed by atoms with Crippen LogP contribution in [0.15, 0.2) is 42.5 Å². The molecule has 1 amide bonds. The molecule has 3 atom stereocenters. The summed E-state index contributed by atoms with van der Waals surface area (Å²) >= 11 is 1.89. The molecule has 1 aliphatic heterocycles. The van der Waals surface area contributed by atoms with Crippen LogP contribution in [0.25, 0.3) is 11.1 Å². The largest absolute Gasteiger partial charge is 0.480 e. The number of hydrogen-bond acceptors (Lipinski definition) is 7. The number of likely N-dealkylation sites (tertiary alicyclic amines) is 1. The topological polar surface area (TPSA) is 113 Å². The SMILES string of the molecule is CSCC1CC(COCC2CCCCC2)N(Cc2ccc(C(=O)N[C@@H](CCS(C)(=O)=O)C(=O)O)c(-c3ccccc3C)c2)C1. The van der Waals surface area contributed by atoms with Gasteiger partial charge in [0.2, 0.25) is 0 Å². The van der Waals surface area contributed by atoms with Crippen LogP contribution in [0.4, 0.5) is 0 Å². The van der Waals surface area contributed by atoms with Crippen molar-refractivity contribution in [2.45, 2.75) is 70.5 Å². The summed E-state index contributed by atoms with van der Waals surface area (Å²) in [6, 6.07) is 12.6. The Morgan fingerprint density at radius 3 is 2.50 bits per heavy atom. The highest BCUT2D eigenvalue weighted by molar-refractivity contribution is 7.98. The predicted molar refractivity (Wildman–Crippen MR) is 178 cm³/mol. The van der Waals surface area contributed by atoms with Crippen LogP contribution in [0.2, 0.25) is 0 Å². The quantitative estimate of drug-likeness (QED) is 0.264. The Bertz CT molecular complexity index is 1380. The molecular formula is C34H48N2O6S2. The summed E-state index contributed by atoms with van der Waals surface area (Å²) in [6.45, 7) is 5.30. The maximum atomic E-state index is 13.5. The molecule has 1 saturated carbocycles. The standard InChI is InChI=1S/C34H48N2O6S2/c1-24-9-7-8-12-29(24)31-18-26(13-14-30(31)33(37)35-32(34(38)39)15-16-44(3,40)41)19-36-20-27(23-43-2)17-28(36)22-42-21-25-10-5-4-6-11-25/h7-9,12-14,18,25,27-28,32H,4-6,10-11,15-17,19-23H2,1-3H3,(H,35,37)(H,38,39)/t27?,28?,32-/m0/s1. The molecule has 1 heterocycles. The van der Waals surface area contributed by atoms with E-state index >= 15 is 0 Å². The summed E-state index contributed by atoms with van der Waals surface area (Å²) in [5.74, 6) is 0.282. The molecule has 1 aliphatic carbocycles. The third kappa shape index (κ3) is 10.1. The lowest BCUT2D eigenvalue weighted by molar-refractivity contribution is -0.139. The fourth-order valence-electron chi connectivity index (χ4n) is 6.58. The van der Waals surface area contributed by atoms with Crippen molar-refractivity contribution in [2.24, 2.45) is 11.8 Å². The third-order valence-corrected chi connectivity index (χ3v) is 10.7. The fraction of sp³-hybridized carbons (Fsp3) is 0.588. The number of rotatable bonds is 15. The Morgan fingerprint density at radius 2 is 1.82 bits per heavy atom. The second kappa shape index (κ2) is 16.2. The summed E-state index contributed by atoms with van der Waals surface area (Å²) in [6.07, 6.45) is 10.6. The summed E-state index contributed by atoms with van der Waals surface area (Å²) in [4.78, 5) is 27.9. The Kier molecular flexibility index (Phi) is 12.7. The van der Waals surface area contributed by atoms with E-state index in [0.29, 0.717) is 23.4 Å². The summed E-state index contributed by atoms with van der Waals surface area (Å²) in [7, 11) is -3.38. The normalized spacial score (nSPS) is 20.4. The van der Waals surface area contributed by atoms with Crippen molar-refractivity contribution in [3.8, 4) is 11.1 Å². The second-order valence-corrected chi connectivity index (χ2v) is 15.8. The number of hydrogen-bond donors (Lipinski definition) is 2. The van der Waals surface area contributed by atoms with Crippen molar-refractivity contribution in [2.75, 3.05) is 43.8 Å². The van der Waals surface area contributed by atoms with Crippen LogP contribution in [0.5, 0.6) is 0 Å². The highest BCUT2D eigenvalue weighted by atomic mass is 32.2. The van der Waals surface area contributed by atoms with Gasteiger partial charge in [-0.1, -0.05) is 49.6 Å². The van der Waals surface area contributed by atoms with Gasteiger partial charge in [-0.2, -0.15) is 11.8 Å². The van der Waals surface area contributed by atoms with E-state index in [1.54, 1.807) is 6.07 Å². The van der Waals surface area contributed by atoms with Gasteiger partial charge in [0, 0.05) is 37.6 Å². The van der Waals surface area contributed by atoms with Crippen molar-refractivity contribution >= 4 is 33.5 Å². The van der Waals surface area contributed by atoms with E-state index in [4.69, 9.17) is 4.74 Å². The lowest BCUT2D eigenvalue weighted by atomic mass is 9.90. The summed E-state index contributed by atoms with van der Waals surface area (Å²) in [5, 5.41) is 12.3. The first-order valence-corrected chi connectivity index (χ1v) is 19.2. The number of aryl methyl sites for hydroxylation is 1. The molecule has 242 valence electrons. The first-order valence-electron chi connectivity index (χ1n) is 15.7. The molecule has 8 nitrogen and oxygen atoms in total. The van der Waals surface area contributed by atoms with E-state index in [1.807, 2.05) is 55.1 Å². The molecule has 2 aromatic carbocycles. The number of sulfone groups is 1. The number of nitrogens with one attached hydrogen (secondary N) is 1. The van der Waals surface area contributed by atoms with Crippen molar-refractivity contribution in [1.82, 2.24) is 10.2 Å². The molecule has 44 heavy (non-hydrogen) atoms. The summed E-state index contributed by atoms with van der Waals surface area (Å²) < 4.78 is 29.6. The number of carboxylic acids is 1. The van der Waals surface area contributed by atoms with E-state index in [0.717, 1.165) is 67.0 Å². The molecule has 1 saturated heterocycles. The van der Waals surface area contributed by atoms with E-state index in [-0.39, 0.29) is 12.2 Å². The molecule has 0 bridgehead atoms. The number of carbonyl (C=O) groups excluding carboxylic acids is 1. The highest BCUT2D eigenvalue weighted by Gasteiger charge is 2.32. The molecule has 4 rings (SSSR count). The zero-order chi connectivity index (χ0) is 31.7. The molecule has 2 unspecified atom stereocenters. The minimum absolute atomic E-state index is 0.200. The molecule has 0 aromatic heterocycles. The number of benzene rings is 2. The van der Waals surface area contributed by atoms with Gasteiger partial charge in [0.05, 0.1) is 12.4 Å². The van der Waals surface area contributed by atoms with Crippen molar-refractivity contribution < 1.29 is 27.9 Å². The Hall–Kier alpha value is -2.40. The Balaban J connectivity index is 1.54. The number of carboxylic acid groups (broad SMARTS) is 1. The van der Waals surface area contributed by atoms with Crippen LogP contribution in [0, 0.1) is 18.8 Å². The zero-order valence-corrected chi connectivity index (χ0v) is 27.9. The maximum Gasteiger partial charge on any atom is 0.326 e. The number of amides is 1. The number of aliphatic carboxylic acids is 1. The number of carbonyl (C=O) groups is 2. The smallest absolute Gasteiger partial charge is 0.326 e. The molecule has 2 N–H and O–H groups in total. The van der Waals surface area contributed by atoms with Gasteiger partial charge in [-0.05, 0) is 90.8 Å². The highest BCUT2D eigenvalue weighted by Crippen LogP contribution is 2.32. The predicted octanol–water partition coefficient (Wildman–Crippen LogP) is 5.43. The number of thioether (sulfide) groups is 1. The third-order valence-electron chi connectivity index (χ3n) is 8.94. The van der Waals surface area contributed by atoms with Gasteiger partial charge in [-0.25, -0.2) is 13.2 Å². The molecule has 2 aromatic rings. The molecular weight excluding hydrogens is 597 g/mol. The first kappa shape index (κ1) is 34.5. The van der Waals surface area contributed by atoms with Crippen LogP contribution in [0.1, 0.15) is 66.4 Å². The lowest BCUT2D eigenvalue weighted by Gasteiger charge is -2.27. The van der Waals surface area contributed by atoms with Gasteiger partial charge in [-0.3, -0.25) is 9.69 Å². The van der Waals surface area contributed by atoms with Crippen molar-refractivity contribution in [3.63, 3.8) is 0 Å². The first-order chi connectivity index (χ1) is 21.0. The van der Waals surface area contributed by atoms with Gasteiger partial charge in [0.15, 0.2) is 0 Å². The van der Waals surface area contributed by atoms with Gasteiger partial charge in [0.1, 0.15) is 15.9 Å². The van der Waals surface area contributed by atoms with E-state index < -0.39 is 27.8 Å². The second-order valence-electron chi connectivity index (χ2n) is 12.7. The molecule has 0 spiro atoms. The van der Waals surface area contributed by atoms with Gasteiger partial charge in [0.25, 0.3) is 5.91 Å². The molecule has 2 aliphatic rings. The average Bonchev–Trinajstić information content (AvgIpc) is 3.36. The van der Waals surface area contributed by atoms with Crippen molar-refractivity contribution in [1.29, 1.82) is 0 Å². The Labute approximate surface area is 267 Å². The molecule has 0 radical (unpaired) electrons. The number of ether oxygens (including phenoxy) is 1. The number of nitrogens with zero attached hydrogens (tertiary/aromatic N) is 1. The zero-order valence-electron chi connectivity index (χ0n) is 26.3. The minimum atomic E-state index is -3.38. The average molecular weight is 645 g/mol. The van der Waals surface area contributed by atoms with Gasteiger partial charge >= 0.3 is 5.97 Å². The van der Waals surface area contributed by atoms with Gasteiger partial charge < -0.3 is 15.2 Å². The fourth-order valence-corrected chi connectivity index (χ4v) is 7.96. The maximum absolute atomic E-state index is 13.5. The molecule has 10 heteroatoms. The van der Waals surface area contributed by atoms with E-state index in [1.165, 1.54) is 32.1 Å². The van der Waals surface area contributed by atoms with Crippen molar-refractivity contribution in [3.05, 3.63) is 59.2 Å². The van der Waals surface area contributed by atoms with Crippen LogP contribution < -0.4 is 5.32 Å².